The van der Waals surface area contributed by atoms with Crippen molar-refractivity contribution in [2.75, 3.05) is 13.2 Å². The lowest BCUT2D eigenvalue weighted by Crippen LogP contribution is -2.50. The molecule has 0 fully saturated rings. The highest BCUT2D eigenvalue weighted by Crippen LogP contribution is 2.40. The van der Waals surface area contributed by atoms with Crippen molar-refractivity contribution < 1.29 is 14.0 Å². The zero-order chi connectivity index (χ0) is 22.2. The largest absolute Gasteiger partial charge is 0.408 e. The maximum atomic E-state index is 9.33. The van der Waals surface area contributed by atoms with E-state index in [-0.39, 0.29) is 35.4 Å². The van der Waals surface area contributed by atoms with Crippen molar-refractivity contribution in [2.45, 2.75) is 90.0 Å². The van der Waals surface area contributed by atoms with E-state index < -0.39 is 16.6 Å². The molecule has 0 aromatic carbocycles. The first-order chi connectivity index (χ1) is 12.6. The minimum atomic E-state index is -2.08. The van der Waals surface area contributed by atoms with Crippen LogP contribution in [-0.4, -0.2) is 47.1 Å². The highest BCUT2D eigenvalue weighted by atomic mass is 28.4. The molecule has 0 aliphatic rings. The monoisotopic (exact) mass is 427 g/mol. The summed E-state index contributed by atoms with van der Waals surface area (Å²) in [6, 6.07) is 0. The van der Waals surface area contributed by atoms with Gasteiger partial charge in [0.15, 0.2) is 16.6 Å². The van der Waals surface area contributed by atoms with E-state index in [1.807, 2.05) is 18.2 Å². The summed E-state index contributed by atoms with van der Waals surface area (Å²) >= 11 is 0. The highest BCUT2D eigenvalue weighted by Gasteiger charge is 2.43. The molecule has 0 amide bonds. The third kappa shape index (κ3) is 8.63. The van der Waals surface area contributed by atoms with Gasteiger partial charge < -0.3 is 14.0 Å². The topological polar surface area (TPSA) is 87.5 Å². The van der Waals surface area contributed by atoms with Crippen LogP contribution in [0.2, 0.25) is 36.3 Å². The molecule has 8 heteroatoms. The first-order valence-electron chi connectivity index (χ1n) is 9.90. The third-order valence-corrected chi connectivity index (χ3v) is 14.8. The number of hydrogen-bond donors (Lipinski definition) is 1. The molecule has 0 saturated heterocycles. The smallest absolute Gasteiger partial charge is 0.193 e. The molecular weight excluding hydrogens is 386 g/mol. The fourth-order valence-electron chi connectivity index (χ4n) is 1.94. The van der Waals surface area contributed by atoms with Gasteiger partial charge in [-0.3, -0.25) is 0 Å². The Morgan fingerprint density at radius 1 is 0.893 bits per heavy atom. The molecule has 6 nitrogen and oxygen atoms in total. The summed E-state index contributed by atoms with van der Waals surface area (Å²) in [5.41, 5.74) is 8.53. The number of nitrogens with zero attached hydrogens (tertiary/aromatic N) is 3. The minimum Gasteiger partial charge on any atom is -0.408 e. The van der Waals surface area contributed by atoms with Gasteiger partial charge in [-0.05, 0) is 41.8 Å². The maximum absolute atomic E-state index is 9.33. The minimum absolute atomic E-state index is 0.0477. The molecule has 0 aliphatic carbocycles. The molecule has 0 heterocycles. The maximum Gasteiger partial charge on any atom is 0.193 e. The van der Waals surface area contributed by atoms with Crippen LogP contribution in [0.4, 0.5) is 0 Å². The Morgan fingerprint density at radius 3 is 1.61 bits per heavy atom. The molecular formula is C20H41N3O3Si2. The van der Waals surface area contributed by atoms with E-state index in [2.05, 4.69) is 77.8 Å². The number of aliphatic hydroxyl groups is 1. The van der Waals surface area contributed by atoms with Crippen molar-refractivity contribution in [3.05, 3.63) is 34.7 Å². The summed E-state index contributed by atoms with van der Waals surface area (Å²) in [6.45, 7) is 22.3. The van der Waals surface area contributed by atoms with Gasteiger partial charge >= 0.3 is 0 Å². The van der Waals surface area contributed by atoms with Gasteiger partial charge in [0, 0.05) is 11.5 Å². The molecule has 0 saturated carbocycles. The standard InChI is InChI=1S/C20H41N3O3Si2/c1-19(2,3)27(7,8)25-17(13-11-15-22-23-21)18(14-12-16-24)26-28(9,10)20(4,5)6/h11-14,17-18,24H,15-16H2,1-10H3/b13-11+,14-12+/t17-,18-/m1/s1. The van der Waals surface area contributed by atoms with Gasteiger partial charge in [-0.25, -0.2) is 0 Å². The Hall–Kier alpha value is -0.896. The van der Waals surface area contributed by atoms with Crippen LogP contribution in [0.15, 0.2) is 29.4 Å². The van der Waals surface area contributed by atoms with Crippen LogP contribution in [0.25, 0.3) is 10.4 Å². The molecule has 0 spiro atoms. The first-order valence-corrected chi connectivity index (χ1v) is 15.7. The summed E-state index contributed by atoms with van der Waals surface area (Å²) in [6.07, 6.45) is 6.74. The number of hydrogen-bond acceptors (Lipinski definition) is 4. The third-order valence-electron chi connectivity index (χ3n) is 5.80. The normalized spacial score (nSPS) is 16.4. The molecule has 1 N–H and O–H groups in total. The van der Waals surface area contributed by atoms with Crippen molar-refractivity contribution in [3.63, 3.8) is 0 Å². The Balaban J connectivity index is 5.97. The molecule has 0 unspecified atom stereocenters. The second-order valence-electron chi connectivity index (χ2n) is 10.1. The highest BCUT2D eigenvalue weighted by molar-refractivity contribution is 6.74. The van der Waals surface area contributed by atoms with Gasteiger partial charge in [-0.2, -0.15) is 0 Å². The Labute approximate surface area is 173 Å². The lowest BCUT2D eigenvalue weighted by Gasteiger charge is -2.43. The van der Waals surface area contributed by atoms with E-state index in [1.54, 1.807) is 6.08 Å². The summed E-state index contributed by atoms with van der Waals surface area (Å²) in [5.74, 6) is 0. The van der Waals surface area contributed by atoms with Crippen LogP contribution in [-0.2, 0) is 8.85 Å². The van der Waals surface area contributed by atoms with Crippen LogP contribution in [0.5, 0.6) is 0 Å². The Morgan fingerprint density at radius 2 is 1.29 bits per heavy atom. The van der Waals surface area contributed by atoms with E-state index >= 15 is 0 Å². The average Bonchev–Trinajstić information content (AvgIpc) is 2.52. The van der Waals surface area contributed by atoms with Crippen LogP contribution in [0.1, 0.15) is 41.5 Å². The first kappa shape index (κ1) is 27.1. The fourth-order valence-corrected chi connectivity index (χ4v) is 4.43. The number of azide groups is 1. The molecule has 0 rings (SSSR count). The Bertz CT molecular complexity index is 584. The van der Waals surface area contributed by atoms with Crippen LogP contribution < -0.4 is 0 Å². The Kier molecular flexibility index (Phi) is 10.4. The predicted octanol–water partition coefficient (Wildman–Crippen LogP) is 6.18. The average molecular weight is 428 g/mol. The van der Waals surface area contributed by atoms with Crippen molar-refractivity contribution in [2.24, 2.45) is 5.11 Å². The summed E-state index contributed by atoms with van der Waals surface area (Å²) in [5, 5.41) is 13.0. The van der Waals surface area contributed by atoms with Crippen LogP contribution in [0.3, 0.4) is 0 Å². The van der Waals surface area contributed by atoms with Gasteiger partial charge in [0.1, 0.15) is 0 Å². The zero-order valence-corrected chi connectivity index (χ0v) is 21.5. The molecule has 28 heavy (non-hydrogen) atoms. The molecule has 0 radical (unpaired) electrons. The van der Waals surface area contributed by atoms with Gasteiger partial charge in [0.05, 0.1) is 18.8 Å². The zero-order valence-electron chi connectivity index (χ0n) is 19.5. The van der Waals surface area contributed by atoms with E-state index in [4.69, 9.17) is 14.4 Å². The fraction of sp³-hybridized carbons (Fsp3) is 0.800. The lowest BCUT2D eigenvalue weighted by molar-refractivity contribution is 0.0933. The second-order valence-corrected chi connectivity index (χ2v) is 19.7. The number of rotatable bonds is 10. The van der Waals surface area contributed by atoms with E-state index in [0.717, 1.165) is 0 Å². The van der Waals surface area contributed by atoms with Gasteiger partial charge in [0.25, 0.3) is 0 Å². The SMILES string of the molecule is CC(C)(C)[Si](C)(C)O[C@H](/C=C/CO)[C@@H](/C=C/CN=[N+]=[N-])O[Si](C)(C)C(C)(C)C. The quantitative estimate of drug-likeness (QED) is 0.148. The van der Waals surface area contributed by atoms with Gasteiger partial charge in [0.2, 0.25) is 0 Å². The van der Waals surface area contributed by atoms with E-state index in [9.17, 15) is 5.11 Å². The lowest BCUT2D eigenvalue weighted by atomic mass is 10.2. The molecule has 0 bridgehead atoms. The van der Waals surface area contributed by atoms with Crippen molar-refractivity contribution in [1.29, 1.82) is 0 Å². The molecule has 162 valence electrons. The van der Waals surface area contributed by atoms with E-state index in [0.29, 0.717) is 0 Å². The molecule has 0 aromatic heterocycles. The van der Waals surface area contributed by atoms with Crippen molar-refractivity contribution in [1.82, 2.24) is 0 Å². The van der Waals surface area contributed by atoms with Gasteiger partial charge in [-0.15, -0.1) is 0 Å². The van der Waals surface area contributed by atoms with E-state index in [1.165, 1.54) is 0 Å². The van der Waals surface area contributed by atoms with Crippen LogP contribution >= 0.6 is 0 Å². The summed E-state index contributed by atoms with van der Waals surface area (Å²) < 4.78 is 13.3. The van der Waals surface area contributed by atoms with Crippen molar-refractivity contribution in [3.8, 4) is 0 Å². The molecule has 0 aromatic rings. The second kappa shape index (κ2) is 10.8. The van der Waals surface area contributed by atoms with Crippen molar-refractivity contribution >= 4 is 16.6 Å². The molecule has 0 aliphatic heterocycles. The summed E-state index contributed by atoms with van der Waals surface area (Å²) in [7, 11) is -4.15. The predicted molar refractivity (Wildman–Crippen MR) is 124 cm³/mol. The number of aliphatic hydroxyl groups excluding tert-OH is 1. The van der Waals surface area contributed by atoms with Crippen LogP contribution in [0, 0.1) is 0 Å². The molecule has 2 atom stereocenters. The summed E-state index contributed by atoms with van der Waals surface area (Å²) in [4.78, 5) is 2.80. The van der Waals surface area contributed by atoms with Gasteiger partial charge in [-0.1, -0.05) is 71.0 Å².